The van der Waals surface area contributed by atoms with Crippen LogP contribution in [0.4, 0.5) is 13.6 Å². The fourth-order valence-electron chi connectivity index (χ4n) is 1.53. The molecular formula is C13H16F2N2O3S. The van der Waals surface area contributed by atoms with Gasteiger partial charge in [-0.2, -0.15) is 11.8 Å². The van der Waals surface area contributed by atoms with Gasteiger partial charge in [-0.3, -0.25) is 0 Å². The van der Waals surface area contributed by atoms with E-state index in [-0.39, 0.29) is 6.54 Å². The van der Waals surface area contributed by atoms with Crippen molar-refractivity contribution in [1.29, 1.82) is 0 Å². The Morgan fingerprint density at radius 2 is 2.05 bits per heavy atom. The van der Waals surface area contributed by atoms with Crippen molar-refractivity contribution in [1.82, 2.24) is 10.6 Å². The number of urea groups is 1. The van der Waals surface area contributed by atoms with E-state index >= 15 is 0 Å². The summed E-state index contributed by atoms with van der Waals surface area (Å²) in [6, 6.07) is 1.61. The summed E-state index contributed by atoms with van der Waals surface area (Å²) in [5.74, 6) is -2.49. The number of hydrogen-bond acceptors (Lipinski definition) is 3. The van der Waals surface area contributed by atoms with Crippen molar-refractivity contribution >= 4 is 23.8 Å². The number of nitrogens with one attached hydrogen (secondary N) is 2. The Morgan fingerprint density at radius 3 is 2.62 bits per heavy atom. The highest BCUT2D eigenvalue weighted by atomic mass is 32.2. The molecule has 8 heteroatoms. The Morgan fingerprint density at radius 1 is 1.33 bits per heavy atom. The van der Waals surface area contributed by atoms with Crippen molar-refractivity contribution in [2.75, 3.05) is 12.0 Å². The van der Waals surface area contributed by atoms with E-state index in [1.54, 1.807) is 0 Å². The lowest BCUT2D eigenvalue weighted by molar-refractivity contribution is -0.139. The van der Waals surface area contributed by atoms with E-state index in [0.29, 0.717) is 17.7 Å². The molecule has 1 aromatic carbocycles. The minimum atomic E-state index is -1.12. The van der Waals surface area contributed by atoms with E-state index in [2.05, 4.69) is 10.6 Å². The minimum Gasteiger partial charge on any atom is -0.480 e. The normalized spacial score (nSPS) is 11.8. The summed E-state index contributed by atoms with van der Waals surface area (Å²) in [6.45, 7) is -0.0299. The fraction of sp³-hybridized carbons (Fsp3) is 0.385. The molecule has 0 saturated heterocycles. The van der Waals surface area contributed by atoms with Crippen molar-refractivity contribution in [3.05, 3.63) is 35.4 Å². The molecule has 0 fully saturated rings. The minimum absolute atomic E-state index is 0.0299. The van der Waals surface area contributed by atoms with Crippen molar-refractivity contribution in [2.24, 2.45) is 0 Å². The number of thioether (sulfide) groups is 1. The average molecular weight is 318 g/mol. The summed E-state index contributed by atoms with van der Waals surface area (Å²) in [6.07, 6.45) is 2.14. The van der Waals surface area contributed by atoms with Crippen LogP contribution < -0.4 is 10.6 Å². The molecule has 2 amide bonds. The number of aliphatic carboxylic acids is 1. The zero-order valence-electron chi connectivity index (χ0n) is 11.4. The molecule has 1 atom stereocenters. The summed E-state index contributed by atoms with van der Waals surface area (Å²) in [7, 11) is 0. The van der Waals surface area contributed by atoms with Crippen molar-refractivity contribution < 1.29 is 23.5 Å². The van der Waals surface area contributed by atoms with E-state index < -0.39 is 29.7 Å². The van der Waals surface area contributed by atoms with E-state index in [1.807, 2.05) is 6.26 Å². The van der Waals surface area contributed by atoms with Gasteiger partial charge in [0.05, 0.1) is 0 Å². The van der Waals surface area contributed by atoms with Crippen LogP contribution in [-0.4, -0.2) is 35.2 Å². The van der Waals surface area contributed by atoms with Crippen molar-refractivity contribution in [3.63, 3.8) is 0 Å². The van der Waals surface area contributed by atoms with Crippen LogP contribution in [0.25, 0.3) is 0 Å². The first kappa shape index (κ1) is 17.2. The highest BCUT2D eigenvalue weighted by molar-refractivity contribution is 7.98. The maximum atomic E-state index is 13.0. The number of carboxylic acids is 1. The van der Waals surface area contributed by atoms with Crippen LogP contribution in [0.5, 0.6) is 0 Å². The van der Waals surface area contributed by atoms with E-state index in [0.717, 1.165) is 12.1 Å². The predicted molar refractivity (Wildman–Crippen MR) is 76.2 cm³/mol. The average Bonchev–Trinajstić information content (AvgIpc) is 2.44. The molecule has 0 saturated carbocycles. The molecule has 0 aliphatic rings. The number of carboxylic acid groups (broad SMARTS) is 1. The molecule has 0 bridgehead atoms. The van der Waals surface area contributed by atoms with E-state index in [4.69, 9.17) is 5.11 Å². The van der Waals surface area contributed by atoms with E-state index in [1.165, 1.54) is 17.8 Å². The first-order chi connectivity index (χ1) is 9.93. The zero-order valence-corrected chi connectivity index (χ0v) is 12.2. The van der Waals surface area contributed by atoms with Gasteiger partial charge in [-0.05, 0) is 36.1 Å². The maximum Gasteiger partial charge on any atom is 0.326 e. The monoisotopic (exact) mass is 318 g/mol. The van der Waals surface area contributed by atoms with Gasteiger partial charge in [0.15, 0.2) is 11.6 Å². The smallest absolute Gasteiger partial charge is 0.326 e. The second kappa shape index (κ2) is 8.46. The molecule has 0 spiro atoms. The molecule has 21 heavy (non-hydrogen) atoms. The molecule has 0 unspecified atom stereocenters. The molecule has 1 aromatic rings. The molecule has 5 nitrogen and oxygen atoms in total. The Balaban J connectivity index is 2.48. The molecule has 0 aliphatic heterocycles. The number of halogens is 2. The van der Waals surface area contributed by atoms with Crippen molar-refractivity contribution in [2.45, 2.75) is 19.0 Å². The van der Waals surface area contributed by atoms with Crippen LogP contribution in [0.1, 0.15) is 12.0 Å². The lowest BCUT2D eigenvalue weighted by Gasteiger charge is -2.14. The Bertz CT molecular complexity index is 514. The standard InChI is InChI=1S/C13H16F2N2O3S/c1-21-5-4-11(12(18)19)17-13(20)16-7-8-2-3-9(14)10(15)6-8/h2-3,6,11H,4-5,7H2,1H3,(H,18,19)(H2,16,17,20)/t11-/m1/s1. The highest BCUT2D eigenvalue weighted by Crippen LogP contribution is 2.08. The van der Waals surface area contributed by atoms with E-state index in [9.17, 15) is 18.4 Å². The summed E-state index contributed by atoms with van der Waals surface area (Å²) in [5.41, 5.74) is 0.375. The van der Waals surface area contributed by atoms with Gasteiger partial charge in [-0.1, -0.05) is 6.07 Å². The predicted octanol–water partition coefficient (Wildman–Crippen LogP) is 1.97. The fourth-order valence-corrected chi connectivity index (χ4v) is 2.01. The third-order valence-corrected chi connectivity index (χ3v) is 3.30. The third-order valence-electron chi connectivity index (χ3n) is 2.65. The van der Waals surface area contributed by atoms with Gasteiger partial charge in [0.2, 0.25) is 0 Å². The van der Waals surface area contributed by atoms with Gasteiger partial charge in [-0.15, -0.1) is 0 Å². The molecule has 1 rings (SSSR count). The van der Waals surface area contributed by atoms with Gasteiger partial charge in [-0.25, -0.2) is 18.4 Å². The second-order valence-electron chi connectivity index (χ2n) is 4.25. The van der Waals surface area contributed by atoms with Gasteiger partial charge in [0.25, 0.3) is 0 Å². The number of rotatable bonds is 7. The molecule has 0 aromatic heterocycles. The lowest BCUT2D eigenvalue weighted by Crippen LogP contribution is -2.46. The number of amides is 2. The molecule has 3 N–H and O–H groups in total. The zero-order chi connectivity index (χ0) is 15.8. The second-order valence-corrected chi connectivity index (χ2v) is 5.23. The quantitative estimate of drug-likeness (QED) is 0.718. The Kier molecular flexibility index (Phi) is 6.93. The largest absolute Gasteiger partial charge is 0.480 e. The number of benzene rings is 1. The van der Waals surface area contributed by atoms with Crippen molar-refractivity contribution in [3.8, 4) is 0 Å². The first-order valence-corrected chi connectivity index (χ1v) is 7.53. The molecular weight excluding hydrogens is 302 g/mol. The summed E-state index contributed by atoms with van der Waals surface area (Å²) in [5, 5.41) is 13.7. The Hall–Kier alpha value is -1.83. The summed E-state index contributed by atoms with van der Waals surface area (Å²) < 4.78 is 25.7. The highest BCUT2D eigenvalue weighted by Gasteiger charge is 2.19. The maximum absolute atomic E-state index is 13.0. The lowest BCUT2D eigenvalue weighted by atomic mass is 10.2. The van der Waals surface area contributed by atoms with Crippen LogP contribution in [0.15, 0.2) is 18.2 Å². The molecule has 116 valence electrons. The van der Waals surface area contributed by atoms with Crippen LogP contribution in [0.2, 0.25) is 0 Å². The molecule has 0 aliphatic carbocycles. The third kappa shape index (κ3) is 5.99. The van der Waals surface area contributed by atoms with Crippen LogP contribution >= 0.6 is 11.8 Å². The molecule has 0 heterocycles. The summed E-state index contributed by atoms with van der Waals surface area (Å²) >= 11 is 1.48. The first-order valence-electron chi connectivity index (χ1n) is 6.14. The number of carbonyl (C=O) groups excluding carboxylic acids is 1. The van der Waals surface area contributed by atoms with Gasteiger partial charge in [0.1, 0.15) is 6.04 Å². The van der Waals surface area contributed by atoms with Crippen LogP contribution in [0, 0.1) is 11.6 Å². The topological polar surface area (TPSA) is 78.4 Å². The molecule has 0 radical (unpaired) electrons. The van der Waals surface area contributed by atoms with Gasteiger partial charge < -0.3 is 15.7 Å². The van der Waals surface area contributed by atoms with Crippen LogP contribution in [-0.2, 0) is 11.3 Å². The SMILES string of the molecule is CSCC[C@@H](NC(=O)NCc1ccc(F)c(F)c1)C(=O)O. The van der Waals surface area contributed by atoms with Gasteiger partial charge in [0, 0.05) is 6.54 Å². The van der Waals surface area contributed by atoms with Crippen LogP contribution in [0.3, 0.4) is 0 Å². The van der Waals surface area contributed by atoms with Gasteiger partial charge >= 0.3 is 12.0 Å². The number of hydrogen-bond donors (Lipinski definition) is 3. The number of carbonyl (C=O) groups is 2. The summed E-state index contributed by atoms with van der Waals surface area (Å²) in [4.78, 5) is 22.5. The Labute approximate surface area is 125 Å².